The highest BCUT2D eigenvalue weighted by Crippen LogP contribution is 2.12. The minimum atomic E-state index is -0.0181. The standard InChI is InChI=1S/C12H19NO4/c14-10-3-5-13(6-4-10)12(15)9-16-8-11-2-1-7-17-11/h11H,1-9H2. The predicted molar refractivity (Wildman–Crippen MR) is 60.6 cm³/mol. The highest BCUT2D eigenvalue weighted by Gasteiger charge is 2.21. The quantitative estimate of drug-likeness (QED) is 0.713. The third-order valence-electron chi connectivity index (χ3n) is 3.23. The van der Waals surface area contributed by atoms with Gasteiger partial charge in [-0.3, -0.25) is 9.59 Å². The van der Waals surface area contributed by atoms with Gasteiger partial charge in [0.15, 0.2) is 0 Å². The van der Waals surface area contributed by atoms with E-state index in [0.717, 1.165) is 19.4 Å². The van der Waals surface area contributed by atoms with Crippen molar-refractivity contribution in [1.82, 2.24) is 4.90 Å². The Hall–Kier alpha value is -0.940. The maximum Gasteiger partial charge on any atom is 0.248 e. The molecule has 0 aromatic carbocycles. The van der Waals surface area contributed by atoms with Gasteiger partial charge in [-0.1, -0.05) is 0 Å². The average molecular weight is 241 g/mol. The van der Waals surface area contributed by atoms with Crippen LogP contribution in [0.3, 0.4) is 0 Å². The van der Waals surface area contributed by atoms with Crippen LogP contribution < -0.4 is 0 Å². The largest absolute Gasteiger partial charge is 0.376 e. The van der Waals surface area contributed by atoms with Gasteiger partial charge in [0.1, 0.15) is 12.4 Å². The van der Waals surface area contributed by atoms with Crippen LogP contribution in [0.15, 0.2) is 0 Å². The number of Topliss-reactive ketones (excluding diaryl/α,β-unsaturated/α-hetero) is 1. The maximum atomic E-state index is 11.7. The number of ketones is 1. The van der Waals surface area contributed by atoms with Crippen molar-refractivity contribution in [2.24, 2.45) is 0 Å². The third-order valence-corrected chi connectivity index (χ3v) is 3.23. The van der Waals surface area contributed by atoms with Crippen LogP contribution in [-0.4, -0.2) is 55.6 Å². The number of hydrogen-bond acceptors (Lipinski definition) is 4. The fourth-order valence-corrected chi connectivity index (χ4v) is 2.15. The summed E-state index contributed by atoms with van der Waals surface area (Å²) in [5.74, 6) is 0.227. The molecule has 0 radical (unpaired) electrons. The molecule has 96 valence electrons. The Morgan fingerprint density at radius 2 is 2.18 bits per heavy atom. The topological polar surface area (TPSA) is 55.8 Å². The van der Waals surface area contributed by atoms with E-state index < -0.39 is 0 Å². The maximum absolute atomic E-state index is 11.7. The number of hydrogen-bond donors (Lipinski definition) is 0. The van der Waals surface area contributed by atoms with E-state index in [1.165, 1.54) is 0 Å². The lowest BCUT2D eigenvalue weighted by Gasteiger charge is -2.26. The molecule has 2 heterocycles. The fourth-order valence-electron chi connectivity index (χ4n) is 2.15. The van der Waals surface area contributed by atoms with Gasteiger partial charge in [0, 0.05) is 32.5 Å². The summed E-state index contributed by atoms with van der Waals surface area (Å²) in [6, 6.07) is 0. The summed E-state index contributed by atoms with van der Waals surface area (Å²) in [4.78, 5) is 24.5. The minimum absolute atomic E-state index is 0.0181. The summed E-state index contributed by atoms with van der Waals surface area (Å²) in [7, 11) is 0. The van der Waals surface area contributed by atoms with Crippen molar-refractivity contribution in [3.05, 3.63) is 0 Å². The molecule has 0 spiro atoms. The van der Waals surface area contributed by atoms with Gasteiger partial charge in [0.05, 0.1) is 12.7 Å². The van der Waals surface area contributed by atoms with Gasteiger partial charge in [0.25, 0.3) is 0 Å². The second kappa shape index (κ2) is 6.12. The first kappa shape index (κ1) is 12.5. The molecule has 5 nitrogen and oxygen atoms in total. The van der Waals surface area contributed by atoms with Crippen molar-refractivity contribution >= 4 is 11.7 Å². The highest BCUT2D eigenvalue weighted by atomic mass is 16.5. The molecule has 17 heavy (non-hydrogen) atoms. The van der Waals surface area contributed by atoms with Gasteiger partial charge < -0.3 is 14.4 Å². The number of rotatable bonds is 4. The Labute approximate surface area is 101 Å². The van der Waals surface area contributed by atoms with Crippen molar-refractivity contribution in [3.8, 4) is 0 Å². The molecule has 2 rings (SSSR count). The zero-order valence-electron chi connectivity index (χ0n) is 10.0. The van der Waals surface area contributed by atoms with Crippen LogP contribution in [0.5, 0.6) is 0 Å². The fraction of sp³-hybridized carbons (Fsp3) is 0.833. The summed E-state index contributed by atoms with van der Waals surface area (Å²) < 4.78 is 10.8. The van der Waals surface area contributed by atoms with Gasteiger partial charge in [-0.25, -0.2) is 0 Å². The molecule has 0 aliphatic carbocycles. The second-order valence-electron chi connectivity index (χ2n) is 4.57. The first-order valence-corrected chi connectivity index (χ1v) is 6.24. The lowest BCUT2D eigenvalue weighted by atomic mass is 10.1. The molecule has 0 aromatic heterocycles. The van der Waals surface area contributed by atoms with E-state index in [-0.39, 0.29) is 24.4 Å². The number of carbonyl (C=O) groups is 2. The molecule has 2 aliphatic rings. The number of amides is 1. The van der Waals surface area contributed by atoms with Crippen molar-refractivity contribution in [2.75, 3.05) is 32.9 Å². The van der Waals surface area contributed by atoms with E-state index in [9.17, 15) is 9.59 Å². The molecule has 0 saturated carbocycles. The summed E-state index contributed by atoms with van der Waals surface area (Å²) in [6.45, 7) is 2.49. The Morgan fingerprint density at radius 3 is 2.82 bits per heavy atom. The molecule has 2 saturated heterocycles. The van der Waals surface area contributed by atoms with E-state index in [1.54, 1.807) is 4.90 Å². The van der Waals surface area contributed by atoms with Gasteiger partial charge >= 0.3 is 0 Å². The molecule has 0 N–H and O–H groups in total. The van der Waals surface area contributed by atoms with E-state index in [4.69, 9.17) is 9.47 Å². The van der Waals surface area contributed by atoms with E-state index >= 15 is 0 Å². The van der Waals surface area contributed by atoms with Gasteiger partial charge in [0.2, 0.25) is 5.91 Å². The second-order valence-corrected chi connectivity index (χ2v) is 4.57. The lowest BCUT2D eigenvalue weighted by molar-refractivity contribution is -0.139. The average Bonchev–Trinajstić information content (AvgIpc) is 2.83. The Balaban J connectivity index is 1.61. The molecule has 0 aromatic rings. The van der Waals surface area contributed by atoms with Crippen LogP contribution in [0.4, 0.5) is 0 Å². The minimum Gasteiger partial charge on any atom is -0.376 e. The number of nitrogens with zero attached hydrogens (tertiary/aromatic N) is 1. The van der Waals surface area contributed by atoms with E-state index in [1.807, 2.05) is 0 Å². The molecule has 2 aliphatic heterocycles. The van der Waals surface area contributed by atoms with Gasteiger partial charge in [-0.15, -0.1) is 0 Å². The summed E-state index contributed by atoms with van der Waals surface area (Å²) in [6.07, 6.45) is 3.23. The SMILES string of the molecule is O=C1CCN(C(=O)COCC2CCCO2)CC1. The van der Waals surface area contributed by atoms with Crippen molar-refractivity contribution in [1.29, 1.82) is 0 Å². The van der Waals surface area contributed by atoms with Crippen molar-refractivity contribution in [3.63, 3.8) is 0 Å². The van der Waals surface area contributed by atoms with Crippen LogP contribution in [0, 0.1) is 0 Å². The molecule has 1 unspecified atom stereocenters. The molecule has 5 heteroatoms. The highest BCUT2D eigenvalue weighted by molar-refractivity contribution is 5.83. The zero-order valence-corrected chi connectivity index (χ0v) is 10.0. The molecular weight excluding hydrogens is 222 g/mol. The molecule has 1 amide bonds. The first-order chi connectivity index (χ1) is 8.25. The van der Waals surface area contributed by atoms with Crippen LogP contribution in [-0.2, 0) is 19.1 Å². The number of likely N-dealkylation sites (tertiary alicyclic amines) is 1. The Bertz CT molecular complexity index is 276. The summed E-state index contributed by atoms with van der Waals surface area (Å²) in [5.41, 5.74) is 0. The van der Waals surface area contributed by atoms with Crippen LogP contribution in [0.1, 0.15) is 25.7 Å². The van der Waals surface area contributed by atoms with Crippen LogP contribution >= 0.6 is 0 Å². The summed E-state index contributed by atoms with van der Waals surface area (Å²) >= 11 is 0. The molecule has 1 atom stereocenters. The summed E-state index contributed by atoms with van der Waals surface area (Å²) in [5, 5.41) is 0. The van der Waals surface area contributed by atoms with Gasteiger partial charge in [-0.2, -0.15) is 0 Å². The molecular formula is C12H19NO4. The van der Waals surface area contributed by atoms with Crippen molar-refractivity contribution in [2.45, 2.75) is 31.8 Å². The van der Waals surface area contributed by atoms with Crippen LogP contribution in [0.2, 0.25) is 0 Å². The number of ether oxygens (including phenoxy) is 2. The molecule has 0 bridgehead atoms. The zero-order chi connectivity index (χ0) is 12.1. The number of piperidine rings is 1. The normalized spacial score (nSPS) is 25.3. The number of carbonyl (C=O) groups excluding carboxylic acids is 2. The van der Waals surface area contributed by atoms with E-state index in [2.05, 4.69) is 0 Å². The predicted octanol–water partition coefficient (Wildman–Crippen LogP) is 0.373. The van der Waals surface area contributed by atoms with Gasteiger partial charge in [-0.05, 0) is 12.8 Å². The first-order valence-electron chi connectivity index (χ1n) is 6.24. The third kappa shape index (κ3) is 3.78. The Morgan fingerprint density at radius 1 is 1.41 bits per heavy atom. The van der Waals surface area contributed by atoms with Crippen molar-refractivity contribution < 1.29 is 19.1 Å². The smallest absolute Gasteiger partial charge is 0.248 e. The van der Waals surface area contributed by atoms with Crippen LogP contribution in [0.25, 0.3) is 0 Å². The lowest BCUT2D eigenvalue weighted by Crippen LogP contribution is -2.40. The van der Waals surface area contributed by atoms with E-state index in [0.29, 0.717) is 32.5 Å². The monoisotopic (exact) mass is 241 g/mol. The molecule has 2 fully saturated rings. The Kier molecular flexibility index (Phi) is 4.50.